The van der Waals surface area contributed by atoms with Gasteiger partial charge in [0.25, 0.3) is 0 Å². The topological polar surface area (TPSA) is 32.3 Å². The second kappa shape index (κ2) is 4.57. The molecule has 86 valence electrons. The van der Waals surface area contributed by atoms with Crippen molar-refractivity contribution in [1.82, 2.24) is 8.43 Å². The van der Waals surface area contributed by atoms with Crippen LogP contribution < -0.4 is 5.32 Å². The van der Waals surface area contributed by atoms with Gasteiger partial charge in [-0.2, -0.15) is 0 Å². The summed E-state index contributed by atoms with van der Waals surface area (Å²) in [6.07, 6.45) is 6.27. The van der Waals surface area contributed by atoms with E-state index in [2.05, 4.69) is 31.3 Å². The van der Waals surface area contributed by atoms with Gasteiger partial charge in [0.2, 0.25) is 5.91 Å². The number of carbonyl (C=O) groups excluding carboxylic acids is 1. The van der Waals surface area contributed by atoms with Gasteiger partial charge < -0.3 is 5.32 Å². The molecule has 3 nitrogen and oxygen atoms in total. The highest BCUT2D eigenvalue weighted by Gasteiger charge is 2.40. The number of amides is 1. The summed E-state index contributed by atoms with van der Waals surface area (Å²) >= 11 is 2.43. The number of hydrogen-bond acceptors (Lipinski definition) is 2. The Kier molecular flexibility index (Phi) is 3.55. The highest BCUT2D eigenvalue weighted by molar-refractivity contribution is 14.1. The first-order valence-electron chi connectivity index (χ1n) is 5.77. The molecule has 0 radical (unpaired) electrons. The molecule has 15 heavy (non-hydrogen) atoms. The molecule has 1 spiro atoms. The quantitative estimate of drug-likeness (QED) is 0.592. The van der Waals surface area contributed by atoms with Crippen molar-refractivity contribution in [3.63, 3.8) is 0 Å². The molecule has 4 heteroatoms. The van der Waals surface area contributed by atoms with Crippen LogP contribution in [0.3, 0.4) is 0 Å². The minimum Gasteiger partial charge on any atom is -0.354 e. The van der Waals surface area contributed by atoms with Crippen molar-refractivity contribution >= 4 is 28.8 Å². The summed E-state index contributed by atoms with van der Waals surface area (Å²) < 4.78 is 2.41. The predicted molar refractivity (Wildman–Crippen MR) is 68.7 cm³/mol. The van der Waals surface area contributed by atoms with E-state index in [1.165, 1.54) is 45.2 Å². The summed E-state index contributed by atoms with van der Waals surface area (Å²) in [7, 11) is 0. The molecule has 1 heterocycles. The Hall–Kier alpha value is 0.160. The van der Waals surface area contributed by atoms with E-state index in [1.54, 1.807) is 6.92 Å². The fraction of sp³-hybridized carbons (Fsp3) is 0.909. The molecular weight excluding hydrogens is 303 g/mol. The summed E-state index contributed by atoms with van der Waals surface area (Å²) in [6.45, 7) is 4.11. The largest absolute Gasteiger partial charge is 0.354 e. The maximum absolute atomic E-state index is 11.0. The lowest BCUT2D eigenvalue weighted by Gasteiger charge is -2.37. The summed E-state index contributed by atoms with van der Waals surface area (Å²) in [5.41, 5.74) is 0.580. The fourth-order valence-corrected chi connectivity index (χ4v) is 3.92. The summed E-state index contributed by atoms with van der Waals surface area (Å²) in [4.78, 5) is 11.0. The third-order valence-electron chi connectivity index (χ3n) is 3.85. The molecule has 2 rings (SSSR count). The molecule has 1 aliphatic carbocycles. The van der Waals surface area contributed by atoms with Crippen LogP contribution in [0, 0.1) is 5.41 Å². The van der Waals surface area contributed by atoms with Crippen molar-refractivity contribution in [2.45, 2.75) is 45.1 Å². The lowest BCUT2D eigenvalue weighted by atomic mass is 9.72. The normalized spacial score (nSPS) is 37.1. The summed E-state index contributed by atoms with van der Waals surface area (Å²) in [5.74, 6) is 0.123. The minimum atomic E-state index is 0.123. The van der Waals surface area contributed by atoms with Gasteiger partial charge in [0.05, 0.1) is 0 Å². The van der Waals surface area contributed by atoms with E-state index in [4.69, 9.17) is 0 Å². The van der Waals surface area contributed by atoms with Crippen LogP contribution in [-0.2, 0) is 4.79 Å². The number of rotatable bonds is 1. The number of nitrogens with one attached hydrogen (secondary N) is 1. The molecule has 0 aromatic heterocycles. The van der Waals surface area contributed by atoms with Crippen molar-refractivity contribution in [3.8, 4) is 0 Å². The second-order valence-electron chi connectivity index (χ2n) is 5.07. The van der Waals surface area contributed by atoms with Crippen LogP contribution in [-0.4, -0.2) is 28.2 Å². The highest BCUT2D eigenvalue weighted by atomic mass is 127. The highest BCUT2D eigenvalue weighted by Crippen LogP contribution is 2.44. The number of carbonyl (C=O) groups is 1. The monoisotopic (exact) mass is 322 g/mol. The molecule has 2 aliphatic rings. The van der Waals surface area contributed by atoms with Crippen molar-refractivity contribution in [3.05, 3.63) is 0 Å². The van der Waals surface area contributed by atoms with Crippen LogP contribution in [0.15, 0.2) is 0 Å². The molecule has 2 fully saturated rings. The average molecular weight is 322 g/mol. The Bertz CT molecular complexity index is 249. The number of hydrogen-bond donors (Lipinski definition) is 1. The first-order chi connectivity index (χ1) is 7.10. The third-order valence-corrected chi connectivity index (χ3v) is 4.67. The van der Waals surface area contributed by atoms with Crippen LogP contribution >= 0.6 is 22.9 Å². The molecule has 1 aliphatic heterocycles. The molecule has 0 unspecified atom stereocenters. The molecule has 1 saturated carbocycles. The van der Waals surface area contributed by atoms with Crippen LogP contribution in [0.4, 0.5) is 0 Å². The SMILES string of the molecule is CC(=O)NC1CCC2(CC1)CCN(I)C2. The molecular formula is C11H19IN2O. The van der Waals surface area contributed by atoms with E-state index in [1.807, 2.05) is 0 Å². The maximum Gasteiger partial charge on any atom is 0.217 e. The smallest absolute Gasteiger partial charge is 0.217 e. The number of nitrogens with zero attached hydrogens (tertiary/aromatic N) is 1. The zero-order valence-corrected chi connectivity index (χ0v) is 11.4. The Balaban J connectivity index is 1.84. The Morgan fingerprint density at radius 2 is 2.07 bits per heavy atom. The van der Waals surface area contributed by atoms with E-state index in [0.29, 0.717) is 11.5 Å². The molecule has 0 aromatic carbocycles. The lowest BCUT2D eigenvalue weighted by molar-refractivity contribution is -0.120. The maximum atomic E-state index is 11.0. The van der Waals surface area contributed by atoms with Gasteiger partial charge in [-0.15, -0.1) is 0 Å². The molecule has 0 atom stereocenters. The first-order valence-corrected chi connectivity index (χ1v) is 6.74. The summed E-state index contributed by atoms with van der Waals surface area (Å²) in [6, 6.07) is 0.441. The summed E-state index contributed by atoms with van der Waals surface area (Å²) in [5, 5.41) is 3.04. The second-order valence-corrected chi connectivity index (χ2v) is 6.43. The fourth-order valence-electron chi connectivity index (χ4n) is 2.95. The molecule has 0 bridgehead atoms. The third kappa shape index (κ3) is 2.84. The van der Waals surface area contributed by atoms with Crippen molar-refractivity contribution in [1.29, 1.82) is 0 Å². The van der Waals surface area contributed by atoms with E-state index < -0.39 is 0 Å². The average Bonchev–Trinajstić information content (AvgIpc) is 2.52. The molecule has 0 aromatic rings. The standard InChI is InChI=1S/C11H19IN2O/c1-9(15)13-10-2-4-11(5-3-10)6-7-14(12)8-11/h10H,2-8H2,1H3,(H,13,15). The predicted octanol–water partition coefficient (Wildman–Crippen LogP) is 2.11. The van der Waals surface area contributed by atoms with Crippen LogP contribution in [0.25, 0.3) is 0 Å². The van der Waals surface area contributed by atoms with Crippen molar-refractivity contribution in [2.75, 3.05) is 13.1 Å². The van der Waals surface area contributed by atoms with E-state index in [0.717, 1.165) is 0 Å². The Morgan fingerprint density at radius 3 is 2.53 bits per heavy atom. The van der Waals surface area contributed by atoms with Gasteiger partial charge in [-0.3, -0.25) is 4.79 Å². The van der Waals surface area contributed by atoms with Crippen molar-refractivity contribution in [2.24, 2.45) is 5.41 Å². The van der Waals surface area contributed by atoms with Gasteiger partial charge in [-0.1, -0.05) is 0 Å². The minimum absolute atomic E-state index is 0.123. The van der Waals surface area contributed by atoms with E-state index in [-0.39, 0.29) is 5.91 Å². The van der Waals surface area contributed by atoms with Crippen LogP contribution in [0.5, 0.6) is 0 Å². The Labute approximate surface area is 105 Å². The zero-order valence-electron chi connectivity index (χ0n) is 9.26. The zero-order chi connectivity index (χ0) is 10.9. The van der Waals surface area contributed by atoms with Gasteiger partial charge in [-0.25, -0.2) is 3.11 Å². The molecule has 1 amide bonds. The Morgan fingerprint density at radius 1 is 1.40 bits per heavy atom. The van der Waals surface area contributed by atoms with Gasteiger partial charge in [0.15, 0.2) is 0 Å². The molecule has 1 saturated heterocycles. The van der Waals surface area contributed by atoms with Crippen LogP contribution in [0.1, 0.15) is 39.0 Å². The number of halogens is 1. The van der Waals surface area contributed by atoms with E-state index >= 15 is 0 Å². The molecule has 1 N–H and O–H groups in total. The van der Waals surface area contributed by atoms with Gasteiger partial charge in [0.1, 0.15) is 0 Å². The van der Waals surface area contributed by atoms with Gasteiger partial charge in [0, 0.05) is 48.9 Å². The van der Waals surface area contributed by atoms with Gasteiger partial charge in [-0.05, 0) is 37.5 Å². The lowest BCUT2D eigenvalue weighted by Crippen LogP contribution is -2.40. The first kappa shape index (κ1) is 11.6. The van der Waals surface area contributed by atoms with Crippen LogP contribution in [0.2, 0.25) is 0 Å². The van der Waals surface area contributed by atoms with Crippen molar-refractivity contribution < 1.29 is 4.79 Å². The van der Waals surface area contributed by atoms with Gasteiger partial charge >= 0.3 is 0 Å². The van der Waals surface area contributed by atoms with E-state index in [9.17, 15) is 4.79 Å².